The van der Waals surface area contributed by atoms with Gasteiger partial charge in [-0.05, 0) is 64.4 Å². The lowest BCUT2D eigenvalue weighted by atomic mass is 10.0. The number of nitrogens with zero attached hydrogens (tertiary/aromatic N) is 2. The summed E-state index contributed by atoms with van der Waals surface area (Å²) in [6.07, 6.45) is 5.33. The van der Waals surface area contributed by atoms with Gasteiger partial charge in [-0.15, -0.1) is 0 Å². The van der Waals surface area contributed by atoms with Crippen molar-refractivity contribution in [2.75, 3.05) is 13.6 Å². The SMILES string of the molecule is CN1CCCCC(N)C1c1ncc(Br)cc1Br. The number of likely N-dealkylation sites (tertiary alicyclic amines) is 1. The van der Waals surface area contributed by atoms with E-state index in [-0.39, 0.29) is 12.1 Å². The number of nitrogens with two attached hydrogens (primary N) is 1. The number of aromatic nitrogens is 1. The van der Waals surface area contributed by atoms with Crippen LogP contribution in [0.3, 0.4) is 0 Å². The molecular formula is C12H17Br2N3. The Hall–Kier alpha value is 0.0300. The van der Waals surface area contributed by atoms with Crippen molar-refractivity contribution in [2.24, 2.45) is 5.73 Å². The predicted octanol–water partition coefficient (Wildman–Crippen LogP) is 3.09. The fourth-order valence-corrected chi connectivity index (χ4v) is 3.64. The Labute approximate surface area is 119 Å². The van der Waals surface area contributed by atoms with Gasteiger partial charge in [0.25, 0.3) is 0 Å². The molecule has 0 spiro atoms. The quantitative estimate of drug-likeness (QED) is 0.834. The molecule has 1 aromatic rings. The second-order valence-corrected chi connectivity index (χ2v) is 6.38. The van der Waals surface area contributed by atoms with Crippen molar-refractivity contribution >= 4 is 31.9 Å². The lowest BCUT2D eigenvalue weighted by Crippen LogP contribution is -2.38. The summed E-state index contributed by atoms with van der Waals surface area (Å²) < 4.78 is 2.01. The zero-order valence-corrected chi connectivity index (χ0v) is 13.0. The number of pyridine rings is 1. The maximum absolute atomic E-state index is 6.29. The minimum absolute atomic E-state index is 0.160. The molecule has 94 valence electrons. The van der Waals surface area contributed by atoms with Gasteiger partial charge in [-0.2, -0.15) is 0 Å². The Morgan fingerprint density at radius 1 is 1.41 bits per heavy atom. The Balaban J connectivity index is 2.34. The minimum atomic E-state index is 0.160. The minimum Gasteiger partial charge on any atom is -0.326 e. The van der Waals surface area contributed by atoms with Crippen LogP contribution in [0.5, 0.6) is 0 Å². The zero-order valence-electron chi connectivity index (χ0n) is 9.87. The average Bonchev–Trinajstić information content (AvgIpc) is 2.42. The van der Waals surface area contributed by atoms with Gasteiger partial charge in [0.2, 0.25) is 0 Å². The summed E-state index contributed by atoms with van der Waals surface area (Å²) >= 11 is 7.02. The molecule has 3 nitrogen and oxygen atoms in total. The van der Waals surface area contributed by atoms with Gasteiger partial charge in [-0.3, -0.25) is 9.88 Å². The summed E-state index contributed by atoms with van der Waals surface area (Å²) in [6, 6.07) is 2.40. The molecule has 5 heteroatoms. The van der Waals surface area contributed by atoms with Gasteiger partial charge in [-0.1, -0.05) is 6.42 Å². The van der Waals surface area contributed by atoms with Crippen LogP contribution in [0.4, 0.5) is 0 Å². The van der Waals surface area contributed by atoms with Crippen molar-refractivity contribution in [1.29, 1.82) is 0 Å². The van der Waals surface area contributed by atoms with Crippen LogP contribution in [0.25, 0.3) is 0 Å². The molecule has 0 bridgehead atoms. The van der Waals surface area contributed by atoms with E-state index in [1.807, 2.05) is 12.3 Å². The van der Waals surface area contributed by atoms with Crippen LogP contribution in [-0.2, 0) is 0 Å². The lowest BCUT2D eigenvalue weighted by Gasteiger charge is -2.30. The van der Waals surface area contributed by atoms with Crippen molar-refractivity contribution in [3.63, 3.8) is 0 Å². The summed E-state index contributed by atoms with van der Waals surface area (Å²) in [5.74, 6) is 0. The van der Waals surface area contributed by atoms with Crippen LogP contribution in [0.15, 0.2) is 21.2 Å². The van der Waals surface area contributed by atoms with E-state index < -0.39 is 0 Å². The molecule has 1 fully saturated rings. The van der Waals surface area contributed by atoms with E-state index >= 15 is 0 Å². The van der Waals surface area contributed by atoms with Crippen molar-refractivity contribution < 1.29 is 0 Å². The molecule has 0 radical (unpaired) electrons. The Kier molecular flexibility index (Phi) is 4.58. The molecule has 0 amide bonds. The van der Waals surface area contributed by atoms with Gasteiger partial charge in [-0.25, -0.2) is 0 Å². The van der Waals surface area contributed by atoms with E-state index in [0.717, 1.165) is 27.6 Å². The zero-order chi connectivity index (χ0) is 12.4. The van der Waals surface area contributed by atoms with Crippen LogP contribution in [0, 0.1) is 0 Å². The average molecular weight is 363 g/mol. The van der Waals surface area contributed by atoms with E-state index in [0.29, 0.717) is 0 Å². The van der Waals surface area contributed by atoms with Crippen molar-refractivity contribution in [1.82, 2.24) is 9.88 Å². The van der Waals surface area contributed by atoms with Gasteiger partial charge >= 0.3 is 0 Å². The van der Waals surface area contributed by atoms with E-state index in [2.05, 4.69) is 48.8 Å². The molecule has 1 aromatic heterocycles. The molecule has 17 heavy (non-hydrogen) atoms. The Morgan fingerprint density at radius 2 is 2.18 bits per heavy atom. The van der Waals surface area contributed by atoms with Crippen LogP contribution in [0.1, 0.15) is 31.0 Å². The summed E-state index contributed by atoms with van der Waals surface area (Å²) in [4.78, 5) is 6.85. The van der Waals surface area contributed by atoms with Gasteiger partial charge in [0.05, 0.1) is 11.7 Å². The van der Waals surface area contributed by atoms with E-state index in [1.165, 1.54) is 12.8 Å². The molecule has 0 aliphatic carbocycles. The van der Waals surface area contributed by atoms with E-state index in [4.69, 9.17) is 5.73 Å². The number of rotatable bonds is 1. The largest absolute Gasteiger partial charge is 0.326 e. The highest BCUT2D eigenvalue weighted by molar-refractivity contribution is 9.11. The number of hydrogen-bond donors (Lipinski definition) is 1. The van der Waals surface area contributed by atoms with Gasteiger partial charge in [0.1, 0.15) is 0 Å². The van der Waals surface area contributed by atoms with Crippen LogP contribution < -0.4 is 5.73 Å². The molecule has 2 heterocycles. The van der Waals surface area contributed by atoms with Gasteiger partial charge < -0.3 is 5.73 Å². The third kappa shape index (κ3) is 3.08. The summed E-state index contributed by atoms with van der Waals surface area (Å²) in [6.45, 7) is 1.09. The highest BCUT2D eigenvalue weighted by Crippen LogP contribution is 2.32. The number of hydrogen-bond acceptors (Lipinski definition) is 3. The summed E-state index contributed by atoms with van der Waals surface area (Å²) in [5.41, 5.74) is 7.34. The maximum atomic E-state index is 6.29. The first-order valence-electron chi connectivity index (χ1n) is 5.86. The fraction of sp³-hybridized carbons (Fsp3) is 0.583. The molecule has 1 aliphatic heterocycles. The van der Waals surface area contributed by atoms with Gasteiger partial charge in [0, 0.05) is 21.2 Å². The molecule has 0 saturated carbocycles. The Morgan fingerprint density at radius 3 is 2.88 bits per heavy atom. The van der Waals surface area contributed by atoms with E-state index in [1.54, 1.807) is 0 Å². The number of halogens is 2. The second kappa shape index (κ2) is 5.78. The first kappa shape index (κ1) is 13.5. The topological polar surface area (TPSA) is 42.1 Å². The fourth-order valence-electron chi connectivity index (χ4n) is 2.42. The molecule has 2 rings (SSSR count). The molecule has 0 aromatic carbocycles. The standard InChI is InChI=1S/C12H17Br2N3/c1-17-5-3-2-4-10(15)12(17)11-9(14)6-8(13)7-16-11/h6-7,10,12H,2-5,15H2,1H3. The van der Waals surface area contributed by atoms with Crippen LogP contribution in [0.2, 0.25) is 0 Å². The van der Waals surface area contributed by atoms with Crippen molar-refractivity contribution in [3.05, 3.63) is 26.9 Å². The molecule has 1 saturated heterocycles. The van der Waals surface area contributed by atoms with Crippen LogP contribution in [-0.4, -0.2) is 29.5 Å². The summed E-state index contributed by atoms with van der Waals surface area (Å²) in [7, 11) is 2.13. The van der Waals surface area contributed by atoms with Crippen LogP contribution >= 0.6 is 31.9 Å². The second-order valence-electron chi connectivity index (χ2n) is 4.61. The normalized spacial score (nSPS) is 26.8. The summed E-state index contributed by atoms with van der Waals surface area (Å²) in [5, 5.41) is 0. The van der Waals surface area contributed by atoms with Crippen molar-refractivity contribution in [3.8, 4) is 0 Å². The third-order valence-electron chi connectivity index (χ3n) is 3.30. The maximum Gasteiger partial charge on any atom is 0.0733 e. The first-order chi connectivity index (χ1) is 8.09. The highest BCUT2D eigenvalue weighted by atomic mass is 79.9. The monoisotopic (exact) mass is 361 g/mol. The number of likely N-dealkylation sites (N-methyl/N-ethyl adjacent to an activating group) is 1. The van der Waals surface area contributed by atoms with Crippen molar-refractivity contribution in [2.45, 2.75) is 31.3 Å². The molecule has 2 N–H and O–H groups in total. The molecule has 2 atom stereocenters. The smallest absolute Gasteiger partial charge is 0.0733 e. The van der Waals surface area contributed by atoms with Gasteiger partial charge in [0.15, 0.2) is 0 Å². The lowest BCUT2D eigenvalue weighted by molar-refractivity contribution is 0.224. The highest BCUT2D eigenvalue weighted by Gasteiger charge is 2.28. The Bertz CT molecular complexity index is 385. The predicted molar refractivity (Wildman–Crippen MR) is 76.8 cm³/mol. The van der Waals surface area contributed by atoms with E-state index in [9.17, 15) is 0 Å². The third-order valence-corrected chi connectivity index (χ3v) is 4.36. The molecule has 1 aliphatic rings. The molecule has 2 unspecified atom stereocenters. The first-order valence-corrected chi connectivity index (χ1v) is 7.45. The molecular weight excluding hydrogens is 346 g/mol.